The summed E-state index contributed by atoms with van der Waals surface area (Å²) in [4.78, 5) is 9.46. The van der Waals surface area contributed by atoms with E-state index in [9.17, 15) is 0 Å². The van der Waals surface area contributed by atoms with Crippen molar-refractivity contribution in [3.05, 3.63) is 59.1 Å². The van der Waals surface area contributed by atoms with Crippen molar-refractivity contribution < 1.29 is 4.74 Å². The molecule has 2 aromatic carbocycles. The largest absolute Gasteiger partial charge is 0.376 e. The molecule has 1 aliphatic rings. The van der Waals surface area contributed by atoms with E-state index in [0.717, 1.165) is 58.6 Å². The lowest BCUT2D eigenvalue weighted by molar-refractivity contribution is 0.120. The molecule has 3 aromatic rings. The number of fused-ring (bicyclic) bond motifs is 1. The van der Waals surface area contributed by atoms with Gasteiger partial charge in [-0.25, -0.2) is 9.97 Å². The summed E-state index contributed by atoms with van der Waals surface area (Å²) in [6.07, 6.45) is 2.52. The number of aromatic nitrogens is 2. The Hall–Kier alpha value is -1.82. The molecule has 0 saturated carbocycles. The van der Waals surface area contributed by atoms with E-state index in [0.29, 0.717) is 0 Å². The van der Waals surface area contributed by atoms with Gasteiger partial charge in [-0.2, -0.15) is 0 Å². The van der Waals surface area contributed by atoms with Crippen molar-refractivity contribution in [2.45, 2.75) is 29.9 Å². The lowest BCUT2D eigenvalue weighted by atomic mass is 10.2. The van der Waals surface area contributed by atoms with Gasteiger partial charge in [0.1, 0.15) is 5.82 Å². The molecule has 2 heterocycles. The molecule has 0 aliphatic carbocycles. The van der Waals surface area contributed by atoms with Crippen molar-refractivity contribution in [3.8, 4) is 0 Å². The van der Waals surface area contributed by atoms with Gasteiger partial charge in [-0.3, -0.25) is 0 Å². The third kappa shape index (κ3) is 4.29. The van der Waals surface area contributed by atoms with E-state index >= 15 is 0 Å². The van der Waals surface area contributed by atoms with Gasteiger partial charge in [0, 0.05) is 29.3 Å². The molecule has 0 radical (unpaired) electrons. The first-order valence-corrected chi connectivity index (χ1v) is 10.1. The second-order valence-corrected chi connectivity index (χ2v) is 7.68. The average molecular weight is 386 g/mol. The summed E-state index contributed by atoms with van der Waals surface area (Å²) in [5.74, 6) is 1.69. The van der Waals surface area contributed by atoms with Crippen LogP contribution in [0.4, 0.5) is 5.82 Å². The van der Waals surface area contributed by atoms with Crippen molar-refractivity contribution in [1.82, 2.24) is 9.97 Å². The second kappa shape index (κ2) is 8.25. The van der Waals surface area contributed by atoms with Crippen LogP contribution in [0.2, 0.25) is 5.02 Å². The minimum atomic E-state index is 0.272. The Morgan fingerprint density at radius 3 is 2.77 bits per heavy atom. The van der Waals surface area contributed by atoms with Crippen LogP contribution in [0.25, 0.3) is 10.9 Å². The summed E-state index contributed by atoms with van der Waals surface area (Å²) in [6, 6.07) is 16.0. The molecule has 1 aromatic heterocycles. The maximum absolute atomic E-state index is 5.95. The minimum Gasteiger partial charge on any atom is -0.376 e. The first-order chi connectivity index (χ1) is 12.8. The summed E-state index contributed by atoms with van der Waals surface area (Å²) >= 11 is 7.58. The fraction of sp³-hybridized carbons (Fsp3) is 0.300. The Labute approximate surface area is 162 Å². The molecule has 6 heteroatoms. The fourth-order valence-electron chi connectivity index (χ4n) is 3.00. The number of benzene rings is 2. The van der Waals surface area contributed by atoms with Crippen LogP contribution >= 0.6 is 23.4 Å². The summed E-state index contributed by atoms with van der Waals surface area (Å²) in [5.41, 5.74) is 2.15. The number of ether oxygens (including phenoxy) is 1. The van der Waals surface area contributed by atoms with E-state index in [1.165, 1.54) is 5.56 Å². The lowest BCUT2D eigenvalue weighted by Crippen LogP contribution is -2.19. The van der Waals surface area contributed by atoms with Crippen LogP contribution in [-0.4, -0.2) is 29.2 Å². The molecule has 0 unspecified atom stereocenters. The van der Waals surface area contributed by atoms with Crippen molar-refractivity contribution in [2.24, 2.45) is 0 Å². The highest BCUT2D eigenvalue weighted by molar-refractivity contribution is 7.98. The highest BCUT2D eigenvalue weighted by atomic mass is 35.5. The SMILES string of the molecule is Clc1ccc(CSc2nc(NC[C@H]3CCCO3)c3ccccc3n2)cc1. The molecule has 1 aliphatic heterocycles. The van der Waals surface area contributed by atoms with Crippen LogP contribution in [0, 0.1) is 0 Å². The van der Waals surface area contributed by atoms with Gasteiger partial charge in [-0.05, 0) is 42.7 Å². The Bertz CT molecular complexity index is 882. The van der Waals surface area contributed by atoms with E-state index in [1.54, 1.807) is 11.8 Å². The topological polar surface area (TPSA) is 47.0 Å². The molecule has 4 nitrogen and oxygen atoms in total. The van der Waals surface area contributed by atoms with Gasteiger partial charge in [0.05, 0.1) is 11.6 Å². The van der Waals surface area contributed by atoms with Crippen LogP contribution in [0.1, 0.15) is 18.4 Å². The van der Waals surface area contributed by atoms with Gasteiger partial charge in [0.2, 0.25) is 0 Å². The van der Waals surface area contributed by atoms with Gasteiger partial charge < -0.3 is 10.1 Å². The first-order valence-electron chi connectivity index (χ1n) is 8.77. The number of para-hydroxylation sites is 1. The van der Waals surface area contributed by atoms with Crippen molar-refractivity contribution in [2.75, 3.05) is 18.5 Å². The van der Waals surface area contributed by atoms with E-state index in [2.05, 4.69) is 11.4 Å². The zero-order valence-corrected chi connectivity index (χ0v) is 15.9. The molecule has 0 spiro atoms. The first kappa shape index (κ1) is 17.6. The smallest absolute Gasteiger partial charge is 0.190 e. The van der Waals surface area contributed by atoms with Crippen molar-refractivity contribution >= 4 is 40.1 Å². The third-order valence-corrected chi connectivity index (χ3v) is 5.56. The molecule has 4 rings (SSSR count). The van der Waals surface area contributed by atoms with E-state index in [-0.39, 0.29) is 6.10 Å². The maximum atomic E-state index is 5.95. The normalized spacial score (nSPS) is 16.9. The van der Waals surface area contributed by atoms with Crippen molar-refractivity contribution in [3.63, 3.8) is 0 Å². The molecule has 1 N–H and O–H groups in total. The Morgan fingerprint density at radius 2 is 1.96 bits per heavy atom. The minimum absolute atomic E-state index is 0.272. The Balaban J connectivity index is 1.53. The standard InChI is InChI=1S/C20H20ClN3OS/c21-15-9-7-14(8-10-15)13-26-20-23-18-6-2-1-5-17(18)19(24-20)22-12-16-4-3-11-25-16/h1-2,5-10,16H,3-4,11-13H2,(H,22,23,24)/t16-/m1/s1. The van der Waals surface area contributed by atoms with Gasteiger partial charge in [-0.15, -0.1) is 0 Å². The van der Waals surface area contributed by atoms with E-state index in [4.69, 9.17) is 26.3 Å². The van der Waals surface area contributed by atoms with Crippen molar-refractivity contribution in [1.29, 1.82) is 0 Å². The van der Waals surface area contributed by atoms with Crippen LogP contribution in [0.5, 0.6) is 0 Å². The molecule has 1 saturated heterocycles. The summed E-state index contributed by atoms with van der Waals surface area (Å²) in [5, 5.41) is 6.03. The average Bonchev–Trinajstić information content (AvgIpc) is 3.19. The number of hydrogen-bond donors (Lipinski definition) is 1. The van der Waals surface area contributed by atoms with Crippen LogP contribution in [0.15, 0.2) is 53.7 Å². The summed E-state index contributed by atoms with van der Waals surface area (Å²) in [6.45, 7) is 1.64. The predicted molar refractivity (Wildman–Crippen MR) is 108 cm³/mol. The predicted octanol–water partition coefficient (Wildman–Crippen LogP) is 5.17. The number of hydrogen-bond acceptors (Lipinski definition) is 5. The summed E-state index contributed by atoms with van der Waals surface area (Å²) < 4.78 is 5.71. The molecule has 1 fully saturated rings. The number of halogens is 1. The highest BCUT2D eigenvalue weighted by Gasteiger charge is 2.16. The molecule has 0 bridgehead atoms. The van der Waals surface area contributed by atoms with Gasteiger partial charge >= 0.3 is 0 Å². The summed E-state index contributed by atoms with van der Waals surface area (Å²) in [7, 11) is 0. The van der Waals surface area contributed by atoms with Crippen LogP contribution in [-0.2, 0) is 10.5 Å². The Kier molecular flexibility index (Phi) is 5.58. The molecular formula is C20H20ClN3OS. The van der Waals surface area contributed by atoms with Crippen LogP contribution in [0.3, 0.4) is 0 Å². The van der Waals surface area contributed by atoms with E-state index < -0.39 is 0 Å². The lowest BCUT2D eigenvalue weighted by Gasteiger charge is -2.14. The number of anilines is 1. The number of nitrogens with zero attached hydrogens (tertiary/aromatic N) is 2. The second-order valence-electron chi connectivity index (χ2n) is 6.30. The molecule has 0 amide bonds. The van der Waals surface area contributed by atoms with Crippen LogP contribution < -0.4 is 5.32 Å². The van der Waals surface area contributed by atoms with E-state index in [1.807, 2.05) is 42.5 Å². The zero-order chi connectivity index (χ0) is 17.8. The number of nitrogens with one attached hydrogen (secondary N) is 1. The molecular weight excluding hydrogens is 366 g/mol. The van der Waals surface area contributed by atoms with Gasteiger partial charge in [-0.1, -0.05) is 47.6 Å². The van der Waals surface area contributed by atoms with Gasteiger partial charge in [0.15, 0.2) is 5.16 Å². The monoisotopic (exact) mass is 385 g/mol. The quantitative estimate of drug-likeness (QED) is 0.468. The number of thioether (sulfide) groups is 1. The molecule has 1 atom stereocenters. The third-order valence-electron chi connectivity index (χ3n) is 4.39. The molecule has 26 heavy (non-hydrogen) atoms. The zero-order valence-electron chi connectivity index (χ0n) is 14.3. The number of rotatable bonds is 6. The maximum Gasteiger partial charge on any atom is 0.190 e. The fourth-order valence-corrected chi connectivity index (χ4v) is 3.93. The highest BCUT2D eigenvalue weighted by Crippen LogP contribution is 2.27. The van der Waals surface area contributed by atoms with Gasteiger partial charge in [0.25, 0.3) is 0 Å². The molecule has 134 valence electrons. The Morgan fingerprint density at radius 1 is 1.12 bits per heavy atom.